The van der Waals surface area contributed by atoms with Gasteiger partial charge in [-0.25, -0.2) is 19.2 Å². The zero-order chi connectivity index (χ0) is 21.3. The van der Waals surface area contributed by atoms with Crippen molar-refractivity contribution in [3.8, 4) is 0 Å². The van der Waals surface area contributed by atoms with Crippen LogP contribution in [0.4, 0.5) is 4.39 Å². The van der Waals surface area contributed by atoms with E-state index >= 15 is 4.39 Å². The van der Waals surface area contributed by atoms with E-state index in [1.165, 1.54) is 12.3 Å². The molecular formula is C23H18FN4O3+. The molecule has 3 aromatic heterocycles. The molecule has 1 N–H and O–H groups in total. The Morgan fingerprint density at radius 2 is 2.16 bits per heavy atom. The van der Waals surface area contributed by atoms with Crippen molar-refractivity contribution in [2.75, 3.05) is 6.61 Å². The molecular weight excluding hydrogens is 399 g/mol. The lowest BCUT2D eigenvalue weighted by atomic mass is 10.1. The molecule has 154 valence electrons. The topological polar surface area (TPSA) is 88.8 Å². The number of hydrogen-bond acceptors (Lipinski definition) is 5. The van der Waals surface area contributed by atoms with Crippen LogP contribution < -0.4 is 15.3 Å². The number of carbonyl (C=O) groups is 1. The standard InChI is InChI=1S/C23H17FN4O3/c1-2-31-23(30)14-10-28(11-7-8-11)20-13(21(14)29)9-15(24)18-19(20)27-22-17(26-18)12-5-3-4-6-16(12)25-22/h3-4,6,9-11H,2,5,7-8H2,1H3/p+1. The van der Waals surface area contributed by atoms with Gasteiger partial charge in [0.05, 0.1) is 17.5 Å². The van der Waals surface area contributed by atoms with Crippen LogP contribution in [0.3, 0.4) is 0 Å². The Hall–Kier alpha value is -3.68. The quantitative estimate of drug-likeness (QED) is 0.314. The van der Waals surface area contributed by atoms with Crippen LogP contribution >= 0.6 is 0 Å². The summed E-state index contributed by atoms with van der Waals surface area (Å²) >= 11 is 0. The van der Waals surface area contributed by atoms with Crippen LogP contribution in [0, 0.1) is 5.82 Å². The highest BCUT2D eigenvalue weighted by molar-refractivity contribution is 6.04. The van der Waals surface area contributed by atoms with Crippen molar-refractivity contribution in [3.05, 3.63) is 56.9 Å². The Kier molecular flexibility index (Phi) is 3.74. The van der Waals surface area contributed by atoms with Crippen molar-refractivity contribution in [2.45, 2.75) is 32.2 Å². The van der Waals surface area contributed by atoms with Crippen molar-refractivity contribution in [3.63, 3.8) is 0 Å². The maximum absolute atomic E-state index is 15.2. The van der Waals surface area contributed by atoms with Crippen LogP contribution in [0.2, 0.25) is 0 Å². The first-order valence-corrected chi connectivity index (χ1v) is 10.3. The number of nitrogens with one attached hydrogen (secondary N) is 1. The first-order chi connectivity index (χ1) is 15.1. The molecule has 4 aromatic rings. The predicted molar refractivity (Wildman–Crippen MR) is 112 cm³/mol. The third kappa shape index (κ3) is 2.60. The summed E-state index contributed by atoms with van der Waals surface area (Å²) in [5.41, 5.74) is 2.58. The second-order valence-corrected chi connectivity index (χ2v) is 7.92. The molecule has 2 aliphatic carbocycles. The average Bonchev–Trinajstić information content (AvgIpc) is 3.54. The van der Waals surface area contributed by atoms with Gasteiger partial charge in [0.15, 0.2) is 29.0 Å². The van der Waals surface area contributed by atoms with Gasteiger partial charge in [-0.1, -0.05) is 12.2 Å². The predicted octanol–water partition coefficient (Wildman–Crippen LogP) is 2.17. The molecule has 0 saturated heterocycles. The molecule has 0 atom stereocenters. The summed E-state index contributed by atoms with van der Waals surface area (Å²) in [4.78, 5) is 37.9. The van der Waals surface area contributed by atoms with Gasteiger partial charge >= 0.3 is 5.97 Å². The van der Waals surface area contributed by atoms with E-state index < -0.39 is 17.2 Å². The van der Waals surface area contributed by atoms with Crippen molar-refractivity contribution in [1.82, 2.24) is 15.0 Å². The van der Waals surface area contributed by atoms with Crippen molar-refractivity contribution in [1.29, 1.82) is 0 Å². The van der Waals surface area contributed by atoms with E-state index in [2.05, 4.69) is 15.0 Å². The highest BCUT2D eigenvalue weighted by atomic mass is 19.1. The number of benzene rings is 1. The monoisotopic (exact) mass is 417 g/mol. The fourth-order valence-electron chi connectivity index (χ4n) is 4.32. The van der Waals surface area contributed by atoms with Gasteiger partial charge in [0.2, 0.25) is 10.9 Å². The first-order valence-electron chi connectivity index (χ1n) is 10.3. The Morgan fingerprint density at radius 3 is 2.94 bits per heavy atom. The van der Waals surface area contributed by atoms with E-state index in [1.54, 1.807) is 6.92 Å². The molecule has 31 heavy (non-hydrogen) atoms. The number of esters is 1. The van der Waals surface area contributed by atoms with Crippen molar-refractivity contribution in [2.24, 2.45) is 0 Å². The van der Waals surface area contributed by atoms with Gasteiger partial charge in [0.1, 0.15) is 16.7 Å². The largest absolute Gasteiger partial charge is 0.462 e. The summed E-state index contributed by atoms with van der Waals surface area (Å²) in [7, 11) is 0. The average molecular weight is 417 g/mol. The number of halogens is 1. The van der Waals surface area contributed by atoms with Crippen LogP contribution in [-0.2, 0) is 11.2 Å². The SMILES string of the molecule is CCOC(=O)c1c[n+](C2CC2)c2c(cc(F)c3[nH]c4c5c(nc4nc32)=CC=CC5)c1=O. The minimum Gasteiger partial charge on any atom is -0.462 e. The number of allylic oxidation sites excluding steroid dienone is 2. The van der Waals surface area contributed by atoms with Gasteiger partial charge in [0.25, 0.3) is 0 Å². The summed E-state index contributed by atoms with van der Waals surface area (Å²) < 4.78 is 22.1. The first kappa shape index (κ1) is 18.1. The normalized spacial score (nSPS) is 15.4. The van der Waals surface area contributed by atoms with E-state index in [9.17, 15) is 9.59 Å². The van der Waals surface area contributed by atoms with Gasteiger partial charge in [-0.2, -0.15) is 4.57 Å². The lowest BCUT2D eigenvalue weighted by Gasteiger charge is -2.08. The minimum atomic E-state index is -0.701. The fraction of sp³-hybridized carbons (Fsp3) is 0.261. The molecule has 6 rings (SSSR count). The smallest absolute Gasteiger partial charge is 0.348 e. The molecule has 0 bridgehead atoms. The number of carbonyl (C=O) groups excluding carboxylic acids is 1. The minimum absolute atomic E-state index is 0.0902. The third-order valence-electron chi connectivity index (χ3n) is 5.92. The third-order valence-corrected chi connectivity index (χ3v) is 5.92. The fourth-order valence-corrected chi connectivity index (χ4v) is 4.32. The zero-order valence-corrected chi connectivity index (χ0v) is 16.7. The maximum Gasteiger partial charge on any atom is 0.348 e. The van der Waals surface area contributed by atoms with Crippen LogP contribution in [0.25, 0.3) is 39.2 Å². The number of ether oxygens (including phenoxy) is 1. The van der Waals surface area contributed by atoms with Crippen LogP contribution in [-0.4, -0.2) is 27.5 Å². The molecule has 0 unspecified atom stereocenters. The van der Waals surface area contributed by atoms with E-state index in [-0.39, 0.29) is 29.1 Å². The lowest BCUT2D eigenvalue weighted by molar-refractivity contribution is -0.674. The van der Waals surface area contributed by atoms with Crippen LogP contribution in [0.1, 0.15) is 41.7 Å². The highest BCUT2D eigenvalue weighted by Crippen LogP contribution is 2.33. The number of pyridine rings is 1. The van der Waals surface area contributed by atoms with Gasteiger partial charge < -0.3 is 9.72 Å². The highest BCUT2D eigenvalue weighted by Gasteiger charge is 2.37. The van der Waals surface area contributed by atoms with E-state index in [1.807, 2.05) is 22.8 Å². The number of nitrogens with zero attached hydrogens (tertiary/aromatic N) is 3. The number of aromatic nitrogens is 4. The second-order valence-electron chi connectivity index (χ2n) is 7.92. The van der Waals surface area contributed by atoms with Gasteiger partial charge in [-0.05, 0) is 25.5 Å². The van der Waals surface area contributed by atoms with Gasteiger partial charge in [-0.3, -0.25) is 4.79 Å². The van der Waals surface area contributed by atoms with Gasteiger partial charge in [0, 0.05) is 18.4 Å². The van der Waals surface area contributed by atoms with E-state index in [0.717, 1.165) is 23.8 Å². The van der Waals surface area contributed by atoms with E-state index in [0.29, 0.717) is 28.6 Å². The van der Waals surface area contributed by atoms with Crippen molar-refractivity contribution < 1.29 is 18.5 Å². The molecule has 3 heterocycles. The molecule has 0 spiro atoms. The summed E-state index contributed by atoms with van der Waals surface area (Å²) in [6, 6.07) is 1.32. The summed E-state index contributed by atoms with van der Waals surface area (Å²) in [6.45, 7) is 1.83. The summed E-state index contributed by atoms with van der Waals surface area (Å²) in [6.07, 6.45) is 9.90. The lowest BCUT2D eigenvalue weighted by Crippen LogP contribution is -2.38. The number of hydrogen-bond donors (Lipinski definition) is 1. The number of H-pyrrole nitrogens is 1. The molecule has 7 nitrogen and oxygen atoms in total. The Labute approximate surface area is 174 Å². The summed E-state index contributed by atoms with van der Waals surface area (Å²) in [5.74, 6) is -1.30. The molecule has 0 aliphatic heterocycles. The second kappa shape index (κ2) is 6.41. The molecule has 0 amide bonds. The number of fused-ring (bicyclic) bond motifs is 6. The Morgan fingerprint density at radius 1 is 1.32 bits per heavy atom. The molecule has 8 heteroatoms. The maximum atomic E-state index is 15.2. The molecule has 2 aliphatic rings. The van der Waals surface area contributed by atoms with Gasteiger partial charge in [-0.15, -0.1) is 0 Å². The van der Waals surface area contributed by atoms with E-state index in [4.69, 9.17) is 4.74 Å². The van der Waals surface area contributed by atoms with Crippen molar-refractivity contribution >= 4 is 45.1 Å². The number of aromatic amines is 1. The molecule has 1 saturated carbocycles. The van der Waals surface area contributed by atoms with Crippen LogP contribution in [0.15, 0.2) is 29.2 Å². The molecule has 1 aromatic carbocycles. The van der Waals surface area contributed by atoms with Crippen LogP contribution in [0.5, 0.6) is 0 Å². The molecule has 0 radical (unpaired) electrons. The summed E-state index contributed by atoms with van der Waals surface area (Å²) in [5, 5.41) is 0.928. The number of rotatable bonds is 3. The Balaban J connectivity index is 1.75. The zero-order valence-electron chi connectivity index (χ0n) is 16.7. The Bertz CT molecular complexity index is 1580. The molecule has 1 fully saturated rings.